The first-order valence-corrected chi connectivity index (χ1v) is 9.83. The number of nitrogens with zero attached hydrogens (tertiary/aromatic N) is 2. The Labute approximate surface area is 164 Å². The smallest absolute Gasteiger partial charge is 0.275 e. The van der Waals surface area contributed by atoms with E-state index in [1.54, 1.807) is 13.0 Å². The fourth-order valence-corrected chi connectivity index (χ4v) is 3.71. The van der Waals surface area contributed by atoms with Gasteiger partial charge in [0.2, 0.25) is 5.91 Å². The molecule has 152 valence electrons. The van der Waals surface area contributed by atoms with Gasteiger partial charge >= 0.3 is 0 Å². The Morgan fingerprint density at radius 1 is 1.39 bits per heavy atom. The van der Waals surface area contributed by atoms with Crippen LogP contribution < -0.4 is 10.9 Å². The molecule has 1 saturated carbocycles. The van der Waals surface area contributed by atoms with Crippen molar-refractivity contribution in [1.82, 2.24) is 15.1 Å². The van der Waals surface area contributed by atoms with E-state index >= 15 is 0 Å². The Morgan fingerprint density at radius 3 is 2.71 bits per heavy atom. The van der Waals surface area contributed by atoms with Gasteiger partial charge in [-0.1, -0.05) is 19.9 Å². The normalized spacial score (nSPS) is 21.7. The van der Waals surface area contributed by atoms with Crippen molar-refractivity contribution in [2.75, 3.05) is 6.61 Å². The van der Waals surface area contributed by atoms with Gasteiger partial charge in [-0.2, -0.15) is 5.10 Å². The van der Waals surface area contributed by atoms with Crippen LogP contribution in [-0.2, 0) is 22.7 Å². The van der Waals surface area contributed by atoms with Crippen molar-refractivity contribution < 1.29 is 14.6 Å². The minimum atomic E-state index is -0.708. The van der Waals surface area contributed by atoms with E-state index in [9.17, 15) is 14.7 Å². The van der Waals surface area contributed by atoms with Crippen LogP contribution in [0.15, 0.2) is 23.0 Å². The molecule has 7 heteroatoms. The summed E-state index contributed by atoms with van der Waals surface area (Å²) in [7, 11) is 0. The first-order chi connectivity index (χ1) is 13.2. The summed E-state index contributed by atoms with van der Waals surface area (Å²) in [6, 6.07) is 5.57. The van der Waals surface area contributed by atoms with Crippen LogP contribution in [0, 0.1) is 0 Å². The fourth-order valence-electron chi connectivity index (χ4n) is 3.71. The third-order valence-corrected chi connectivity index (χ3v) is 5.10. The minimum Gasteiger partial charge on any atom is -0.390 e. The summed E-state index contributed by atoms with van der Waals surface area (Å²) >= 11 is 0. The van der Waals surface area contributed by atoms with Gasteiger partial charge in [0.15, 0.2) is 0 Å². The van der Waals surface area contributed by atoms with Crippen LogP contribution in [0.2, 0.25) is 0 Å². The van der Waals surface area contributed by atoms with Gasteiger partial charge in [-0.15, -0.1) is 0 Å². The fraction of sp³-hybridized carbons (Fsp3) is 0.571. The monoisotopic (exact) mass is 387 g/mol. The SMILES string of the molecule is CCOCc1ccc2c(=O)n(CC(=O)N[C@H]3C[C@@](C)(O)C3)nc(C(C)C)c2c1. The number of rotatable bonds is 7. The molecule has 0 aliphatic heterocycles. The van der Waals surface area contributed by atoms with E-state index in [-0.39, 0.29) is 30.0 Å². The van der Waals surface area contributed by atoms with Crippen LogP contribution in [0.1, 0.15) is 57.7 Å². The van der Waals surface area contributed by atoms with Crippen molar-refractivity contribution in [2.24, 2.45) is 0 Å². The van der Waals surface area contributed by atoms with E-state index in [0.29, 0.717) is 31.4 Å². The second-order valence-corrected chi connectivity index (χ2v) is 8.19. The van der Waals surface area contributed by atoms with E-state index in [1.165, 1.54) is 4.68 Å². The van der Waals surface area contributed by atoms with Crippen molar-refractivity contribution in [3.05, 3.63) is 39.8 Å². The maximum Gasteiger partial charge on any atom is 0.275 e. The van der Waals surface area contributed by atoms with Crippen LogP contribution in [0.4, 0.5) is 0 Å². The molecule has 0 saturated heterocycles. The number of hydrogen-bond acceptors (Lipinski definition) is 5. The number of aromatic nitrogens is 2. The molecule has 3 rings (SSSR count). The molecule has 0 bridgehead atoms. The lowest BCUT2D eigenvalue weighted by Gasteiger charge is -2.41. The molecule has 2 N–H and O–H groups in total. The quantitative estimate of drug-likeness (QED) is 0.759. The molecule has 0 atom stereocenters. The van der Waals surface area contributed by atoms with Gasteiger partial charge in [-0.3, -0.25) is 9.59 Å². The number of carbonyl (C=O) groups is 1. The number of benzene rings is 1. The predicted octanol–water partition coefficient (Wildman–Crippen LogP) is 2.09. The number of carbonyl (C=O) groups excluding carboxylic acids is 1. The lowest BCUT2D eigenvalue weighted by molar-refractivity contribution is -0.125. The highest BCUT2D eigenvalue weighted by Gasteiger charge is 2.39. The first kappa shape index (κ1) is 20.5. The predicted molar refractivity (Wildman–Crippen MR) is 107 cm³/mol. The van der Waals surface area contributed by atoms with Crippen LogP contribution in [-0.4, -0.2) is 39.0 Å². The maximum atomic E-state index is 12.9. The summed E-state index contributed by atoms with van der Waals surface area (Å²) in [5.41, 5.74) is 0.787. The highest BCUT2D eigenvalue weighted by atomic mass is 16.5. The molecule has 1 fully saturated rings. The van der Waals surface area contributed by atoms with Crippen LogP contribution in [0.25, 0.3) is 10.8 Å². The standard InChI is InChI=1S/C21H29N3O4/c1-5-28-12-14-6-7-16-17(8-14)19(13(2)3)23-24(20(16)26)11-18(25)22-15-9-21(4,27)10-15/h6-8,13,15,27H,5,9-12H2,1-4H3,(H,22,25)/t15-,21+. The van der Waals surface area contributed by atoms with Gasteiger partial charge in [-0.05, 0) is 50.3 Å². The first-order valence-electron chi connectivity index (χ1n) is 9.83. The molecule has 1 aromatic carbocycles. The molecular formula is C21H29N3O4. The Bertz CT molecular complexity index is 925. The second kappa shape index (κ2) is 8.01. The number of ether oxygens (including phenoxy) is 1. The molecule has 1 aromatic heterocycles. The summed E-state index contributed by atoms with van der Waals surface area (Å²) in [5, 5.41) is 18.5. The Morgan fingerprint density at radius 2 is 2.11 bits per heavy atom. The average Bonchev–Trinajstić information content (AvgIpc) is 2.60. The second-order valence-electron chi connectivity index (χ2n) is 8.19. The highest BCUT2D eigenvalue weighted by Crippen LogP contribution is 2.31. The van der Waals surface area contributed by atoms with Crippen LogP contribution >= 0.6 is 0 Å². The Kier molecular flexibility index (Phi) is 5.86. The zero-order valence-electron chi connectivity index (χ0n) is 17.0. The lowest BCUT2D eigenvalue weighted by Crippen LogP contribution is -2.54. The molecule has 1 aliphatic carbocycles. The van der Waals surface area contributed by atoms with Crippen molar-refractivity contribution in [3.8, 4) is 0 Å². The van der Waals surface area contributed by atoms with Gasteiger partial charge < -0.3 is 15.2 Å². The number of aliphatic hydroxyl groups is 1. The van der Waals surface area contributed by atoms with Gasteiger partial charge in [0.05, 0.1) is 23.3 Å². The zero-order valence-corrected chi connectivity index (χ0v) is 17.0. The summed E-state index contributed by atoms with van der Waals surface area (Å²) in [4.78, 5) is 25.2. The minimum absolute atomic E-state index is 0.0515. The van der Waals surface area contributed by atoms with Crippen molar-refractivity contribution in [1.29, 1.82) is 0 Å². The molecule has 28 heavy (non-hydrogen) atoms. The number of hydrogen-bond donors (Lipinski definition) is 2. The molecule has 1 amide bonds. The van der Waals surface area contributed by atoms with Gasteiger partial charge in [-0.25, -0.2) is 4.68 Å². The van der Waals surface area contributed by atoms with E-state index in [2.05, 4.69) is 10.4 Å². The van der Waals surface area contributed by atoms with E-state index in [4.69, 9.17) is 4.74 Å². The number of amides is 1. The maximum absolute atomic E-state index is 12.9. The molecule has 1 aliphatic rings. The summed E-state index contributed by atoms with van der Waals surface area (Å²) in [5.74, 6) is -0.168. The third-order valence-electron chi connectivity index (χ3n) is 5.10. The zero-order chi connectivity index (χ0) is 20.5. The molecule has 7 nitrogen and oxygen atoms in total. The van der Waals surface area contributed by atoms with Crippen LogP contribution in [0.3, 0.4) is 0 Å². The molecule has 0 unspecified atom stereocenters. The van der Waals surface area contributed by atoms with Gasteiger partial charge in [0.1, 0.15) is 6.54 Å². The van der Waals surface area contributed by atoms with E-state index < -0.39 is 5.60 Å². The largest absolute Gasteiger partial charge is 0.390 e. The third kappa shape index (κ3) is 4.42. The molecule has 1 heterocycles. The summed E-state index contributed by atoms with van der Waals surface area (Å²) in [6.07, 6.45) is 1.05. The molecule has 0 radical (unpaired) electrons. The van der Waals surface area contributed by atoms with E-state index in [1.807, 2.05) is 32.9 Å². The molecule has 2 aromatic rings. The van der Waals surface area contributed by atoms with Gasteiger partial charge in [0, 0.05) is 18.0 Å². The van der Waals surface area contributed by atoms with Crippen molar-refractivity contribution in [2.45, 2.75) is 71.2 Å². The lowest BCUT2D eigenvalue weighted by atomic mass is 9.77. The molecular weight excluding hydrogens is 358 g/mol. The van der Waals surface area contributed by atoms with Crippen molar-refractivity contribution in [3.63, 3.8) is 0 Å². The summed E-state index contributed by atoms with van der Waals surface area (Å²) in [6.45, 7) is 8.70. The number of nitrogens with one attached hydrogen (secondary N) is 1. The highest BCUT2D eigenvalue weighted by molar-refractivity contribution is 5.85. The number of fused-ring (bicyclic) bond motifs is 1. The van der Waals surface area contributed by atoms with Crippen molar-refractivity contribution >= 4 is 16.7 Å². The summed E-state index contributed by atoms with van der Waals surface area (Å²) < 4.78 is 6.71. The molecule has 0 spiro atoms. The van der Waals surface area contributed by atoms with Crippen LogP contribution in [0.5, 0.6) is 0 Å². The Balaban J connectivity index is 1.87. The topological polar surface area (TPSA) is 93.5 Å². The van der Waals surface area contributed by atoms with E-state index in [0.717, 1.165) is 16.6 Å². The Hall–Kier alpha value is -2.25. The average molecular weight is 387 g/mol. The van der Waals surface area contributed by atoms with Gasteiger partial charge in [0.25, 0.3) is 5.56 Å².